The van der Waals surface area contributed by atoms with Crippen molar-refractivity contribution in [2.75, 3.05) is 31.1 Å². The lowest BCUT2D eigenvalue weighted by Crippen LogP contribution is -2.50. The number of rotatable bonds is 8. The molecule has 0 unspecified atom stereocenters. The first-order valence-electron chi connectivity index (χ1n) is 14.1. The van der Waals surface area contributed by atoms with Gasteiger partial charge in [0.1, 0.15) is 16.5 Å². The number of carbonyl (C=O) groups is 1. The topological polar surface area (TPSA) is 178 Å². The van der Waals surface area contributed by atoms with E-state index in [4.69, 9.17) is 4.18 Å². The number of hydrogen-bond donors (Lipinski definition) is 1. The van der Waals surface area contributed by atoms with Gasteiger partial charge in [0.15, 0.2) is 0 Å². The highest BCUT2D eigenvalue weighted by Crippen LogP contribution is 2.26. The van der Waals surface area contributed by atoms with E-state index >= 15 is 0 Å². The van der Waals surface area contributed by atoms with Crippen LogP contribution in [0.5, 0.6) is 5.75 Å². The molecule has 0 bridgehead atoms. The van der Waals surface area contributed by atoms with Gasteiger partial charge in [0, 0.05) is 73.1 Å². The third-order valence-corrected chi connectivity index (χ3v) is 8.91. The van der Waals surface area contributed by atoms with Crippen molar-refractivity contribution in [3.63, 3.8) is 0 Å². The van der Waals surface area contributed by atoms with Gasteiger partial charge < -0.3 is 14.0 Å². The van der Waals surface area contributed by atoms with Gasteiger partial charge in [0.2, 0.25) is 0 Å². The Morgan fingerprint density at radius 2 is 1.67 bits per heavy atom. The minimum Gasteiger partial charge on any atom is -0.379 e. The number of aromatic nitrogens is 3. The Bertz CT molecular complexity index is 2170. The first-order valence-corrected chi connectivity index (χ1v) is 15.5. The lowest BCUT2D eigenvalue weighted by molar-refractivity contribution is -0.384. The van der Waals surface area contributed by atoms with E-state index in [-0.39, 0.29) is 28.8 Å². The molecule has 0 saturated carbocycles. The molecule has 0 spiro atoms. The SMILES string of the molecule is O=C(c1ccc([N+](=O)[O-])cc1)N1CCN(c2cc(=O)[nH]c(=O)n2Cc2ccc(OS(=O)(=O)c3cccc4cnccc34)cc2)CC1. The Morgan fingerprint density at radius 1 is 0.957 bits per heavy atom. The van der Waals surface area contributed by atoms with E-state index in [2.05, 4.69) is 9.97 Å². The van der Waals surface area contributed by atoms with E-state index in [0.29, 0.717) is 53.9 Å². The molecule has 1 saturated heterocycles. The summed E-state index contributed by atoms with van der Waals surface area (Å²) in [5.41, 5.74) is -0.344. The van der Waals surface area contributed by atoms with Gasteiger partial charge in [-0.15, -0.1) is 0 Å². The molecule has 3 aromatic carbocycles. The fourth-order valence-electron chi connectivity index (χ4n) is 5.29. The largest absolute Gasteiger partial charge is 0.379 e. The number of anilines is 1. The summed E-state index contributed by atoms with van der Waals surface area (Å²) < 4.78 is 33.0. The molecule has 6 rings (SSSR count). The van der Waals surface area contributed by atoms with Crippen LogP contribution in [0.2, 0.25) is 0 Å². The summed E-state index contributed by atoms with van der Waals surface area (Å²) in [6, 6.07) is 19.3. The van der Waals surface area contributed by atoms with Gasteiger partial charge in [0.05, 0.1) is 11.5 Å². The van der Waals surface area contributed by atoms with Crippen LogP contribution in [-0.4, -0.2) is 64.9 Å². The smallest absolute Gasteiger partial charge is 0.339 e. The van der Waals surface area contributed by atoms with Crippen molar-refractivity contribution in [2.24, 2.45) is 0 Å². The number of benzene rings is 3. The molecule has 1 amide bonds. The number of nitrogens with zero attached hydrogens (tertiary/aromatic N) is 5. The molecule has 0 radical (unpaired) electrons. The second kappa shape index (κ2) is 12.3. The summed E-state index contributed by atoms with van der Waals surface area (Å²) in [5.74, 6) is 0.168. The molecular formula is C31H26N6O8S. The van der Waals surface area contributed by atoms with Crippen LogP contribution in [0.4, 0.5) is 11.5 Å². The van der Waals surface area contributed by atoms with Crippen molar-refractivity contribution < 1.29 is 22.3 Å². The summed E-state index contributed by atoms with van der Waals surface area (Å²) in [4.78, 5) is 58.3. The number of nitro groups is 1. The summed E-state index contributed by atoms with van der Waals surface area (Å²) in [7, 11) is -4.16. The molecule has 15 heteroatoms. The third-order valence-electron chi connectivity index (χ3n) is 7.61. The van der Waals surface area contributed by atoms with E-state index in [1.165, 1.54) is 59.3 Å². The number of hydrogen-bond acceptors (Lipinski definition) is 10. The zero-order valence-electron chi connectivity index (χ0n) is 24.1. The van der Waals surface area contributed by atoms with Crippen LogP contribution in [0, 0.1) is 10.1 Å². The van der Waals surface area contributed by atoms with Crippen LogP contribution in [0.15, 0.2) is 106 Å². The van der Waals surface area contributed by atoms with Gasteiger partial charge >= 0.3 is 15.8 Å². The Labute approximate surface area is 261 Å². The van der Waals surface area contributed by atoms with Crippen LogP contribution in [0.1, 0.15) is 15.9 Å². The number of amides is 1. The molecule has 234 valence electrons. The van der Waals surface area contributed by atoms with Gasteiger partial charge in [-0.05, 0) is 42.0 Å². The maximum atomic E-state index is 13.1. The molecule has 1 N–H and O–H groups in total. The predicted octanol–water partition coefficient (Wildman–Crippen LogP) is 2.77. The van der Waals surface area contributed by atoms with Crippen LogP contribution in [-0.2, 0) is 16.7 Å². The molecule has 1 fully saturated rings. The minimum absolute atomic E-state index is 0.00968. The maximum absolute atomic E-state index is 13.1. The highest BCUT2D eigenvalue weighted by molar-refractivity contribution is 7.87. The highest BCUT2D eigenvalue weighted by Gasteiger charge is 2.25. The molecule has 14 nitrogen and oxygen atoms in total. The second-order valence-corrected chi connectivity index (χ2v) is 12.0. The molecule has 1 aliphatic heterocycles. The first kappa shape index (κ1) is 30.2. The summed E-state index contributed by atoms with van der Waals surface area (Å²) in [6.07, 6.45) is 3.07. The Hall–Kier alpha value is -5.83. The first-order chi connectivity index (χ1) is 22.1. The average Bonchev–Trinajstić information content (AvgIpc) is 3.06. The van der Waals surface area contributed by atoms with Crippen LogP contribution >= 0.6 is 0 Å². The average molecular weight is 643 g/mol. The number of pyridine rings is 1. The summed E-state index contributed by atoms with van der Waals surface area (Å²) >= 11 is 0. The van der Waals surface area contributed by atoms with Crippen molar-refractivity contribution in [1.29, 1.82) is 0 Å². The van der Waals surface area contributed by atoms with Gasteiger partial charge in [-0.1, -0.05) is 24.3 Å². The molecule has 5 aromatic rings. The number of nitro benzene ring substituents is 1. The van der Waals surface area contributed by atoms with E-state index in [1.54, 1.807) is 41.4 Å². The Balaban J connectivity index is 1.16. The van der Waals surface area contributed by atoms with E-state index < -0.39 is 26.3 Å². The molecular weight excluding hydrogens is 616 g/mol. The molecule has 46 heavy (non-hydrogen) atoms. The number of nitrogens with one attached hydrogen (secondary N) is 1. The summed E-state index contributed by atoms with van der Waals surface area (Å²) in [6.45, 7) is 1.32. The van der Waals surface area contributed by atoms with Crippen LogP contribution < -0.4 is 20.3 Å². The van der Waals surface area contributed by atoms with Crippen molar-refractivity contribution >= 4 is 38.3 Å². The number of H-pyrrole nitrogens is 1. The number of carbonyl (C=O) groups excluding carboxylic acids is 1. The predicted molar refractivity (Wildman–Crippen MR) is 168 cm³/mol. The summed E-state index contributed by atoms with van der Waals surface area (Å²) in [5, 5.41) is 12.1. The third kappa shape index (κ3) is 6.21. The minimum atomic E-state index is -4.16. The van der Waals surface area contributed by atoms with E-state index in [1.807, 2.05) is 4.90 Å². The lowest BCUT2D eigenvalue weighted by atomic mass is 10.1. The van der Waals surface area contributed by atoms with Crippen molar-refractivity contribution in [3.8, 4) is 5.75 Å². The Morgan fingerprint density at radius 3 is 2.37 bits per heavy atom. The van der Waals surface area contributed by atoms with Gasteiger partial charge in [-0.2, -0.15) is 8.42 Å². The number of piperazine rings is 1. The Kier molecular flexibility index (Phi) is 8.06. The lowest BCUT2D eigenvalue weighted by Gasteiger charge is -2.36. The van der Waals surface area contributed by atoms with E-state index in [0.717, 1.165) is 0 Å². The number of non-ortho nitro benzene ring substituents is 1. The number of fused-ring (bicyclic) bond motifs is 1. The van der Waals surface area contributed by atoms with Gasteiger partial charge in [0.25, 0.3) is 17.2 Å². The van der Waals surface area contributed by atoms with Crippen molar-refractivity contribution in [3.05, 3.63) is 133 Å². The van der Waals surface area contributed by atoms with E-state index in [9.17, 15) is 32.9 Å². The number of aromatic amines is 1. The highest BCUT2D eigenvalue weighted by atomic mass is 32.2. The fraction of sp³-hybridized carbons (Fsp3) is 0.161. The normalized spacial score (nSPS) is 13.5. The second-order valence-electron chi connectivity index (χ2n) is 10.5. The molecule has 0 atom stereocenters. The standard InChI is InChI=1S/C31H26N6O8S/c38-28-18-29(34-14-16-35(17-15-34)30(39)22-6-8-24(9-7-22)37(41)42)36(31(40)33-28)20-21-4-10-25(11-5-21)45-46(43,44)27-3-1-2-23-19-32-13-12-26(23)27/h1-13,18-19H,14-17,20H2,(H,33,38,40). The zero-order chi connectivity index (χ0) is 32.4. The molecule has 1 aliphatic rings. The van der Waals surface area contributed by atoms with Crippen molar-refractivity contribution in [1.82, 2.24) is 19.4 Å². The van der Waals surface area contributed by atoms with Crippen LogP contribution in [0.3, 0.4) is 0 Å². The maximum Gasteiger partial charge on any atom is 0.339 e. The zero-order valence-corrected chi connectivity index (χ0v) is 24.9. The van der Waals surface area contributed by atoms with Gasteiger partial charge in [-0.3, -0.25) is 34.2 Å². The molecule has 2 aromatic heterocycles. The molecule has 0 aliphatic carbocycles. The fourth-order valence-corrected chi connectivity index (χ4v) is 6.44. The monoisotopic (exact) mass is 642 g/mol. The quantitative estimate of drug-likeness (QED) is 0.150. The van der Waals surface area contributed by atoms with Gasteiger partial charge in [-0.25, -0.2) is 4.79 Å². The molecule has 3 heterocycles. The van der Waals surface area contributed by atoms with Crippen molar-refractivity contribution in [2.45, 2.75) is 11.4 Å². The van der Waals surface area contributed by atoms with Crippen LogP contribution in [0.25, 0.3) is 10.8 Å².